The van der Waals surface area contributed by atoms with Crippen LogP contribution in [0.4, 0.5) is 0 Å². The maximum Gasteiger partial charge on any atom is 0.113 e. The minimum atomic E-state index is 0.492. The third kappa shape index (κ3) is 2.89. The van der Waals surface area contributed by atoms with Gasteiger partial charge in [0.05, 0.1) is 11.0 Å². The lowest BCUT2D eigenvalue weighted by Crippen LogP contribution is -2.09. The lowest BCUT2D eigenvalue weighted by Gasteiger charge is -2.16. The molecule has 0 spiro atoms. The van der Waals surface area contributed by atoms with E-state index in [0.717, 1.165) is 29.9 Å². The summed E-state index contributed by atoms with van der Waals surface area (Å²) in [5, 5.41) is 0.783. The van der Waals surface area contributed by atoms with Crippen LogP contribution in [0.25, 0.3) is 11.0 Å². The summed E-state index contributed by atoms with van der Waals surface area (Å²) < 4.78 is 2.35. The van der Waals surface area contributed by atoms with Gasteiger partial charge < -0.3 is 4.57 Å². The van der Waals surface area contributed by atoms with Gasteiger partial charge in [-0.2, -0.15) is 0 Å². The summed E-state index contributed by atoms with van der Waals surface area (Å²) in [6.45, 7) is 5.28. The molecule has 22 heavy (non-hydrogen) atoms. The molecule has 2 nitrogen and oxygen atoms in total. The Hall–Kier alpha value is -1.80. The molecule has 0 aliphatic heterocycles. The molecule has 1 aromatic heterocycles. The van der Waals surface area contributed by atoms with Crippen LogP contribution in [0.15, 0.2) is 48.5 Å². The number of imidazole rings is 1. The first-order valence-corrected chi connectivity index (χ1v) is 8.30. The Labute approximate surface area is 136 Å². The highest BCUT2D eigenvalue weighted by molar-refractivity contribution is 6.30. The van der Waals surface area contributed by atoms with Crippen LogP contribution in [0.2, 0.25) is 5.02 Å². The number of fused-ring (bicyclic) bond motifs is 1. The van der Waals surface area contributed by atoms with Gasteiger partial charge in [-0.3, -0.25) is 0 Å². The molecule has 3 rings (SSSR count). The van der Waals surface area contributed by atoms with Crippen LogP contribution in [-0.4, -0.2) is 9.55 Å². The highest BCUT2D eigenvalue weighted by Crippen LogP contribution is 2.27. The molecule has 0 aliphatic carbocycles. The normalized spacial score (nSPS) is 11.5. The molecule has 2 aromatic carbocycles. The molecule has 0 radical (unpaired) electrons. The maximum absolute atomic E-state index is 6.14. The molecular formula is C19H21ClN2. The summed E-state index contributed by atoms with van der Waals surface area (Å²) in [6, 6.07) is 16.5. The molecule has 0 amide bonds. The second-order valence-electron chi connectivity index (χ2n) is 5.69. The van der Waals surface area contributed by atoms with E-state index in [2.05, 4.69) is 48.7 Å². The van der Waals surface area contributed by atoms with Crippen LogP contribution in [0.5, 0.6) is 0 Å². The second kappa shape index (κ2) is 6.53. The summed E-state index contributed by atoms with van der Waals surface area (Å²) in [6.07, 6.45) is 2.21. The molecule has 0 fully saturated rings. The van der Waals surface area contributed by atoms with Gasteiger partial charge in [0.1, 0.15) is 5.82 Å². The minimum absolute atomic E-state index is 0.492. The first kappa shape index (κ1) is 15.1. The third-order valence-electron chi connectivity index (χ3n) is 4.26. The van der Waals surface area contributed by atoms with Crippen LogP contribution in [0, 0.1) is 0 Å². The number of halogens is 1. The van der Waals surface area contributed by atoms with Gasteiger partial charge in [-0.15, -0.1) is 0 Å². The Morgan fingerprint density at radius 3 is 2.55 bits per heavy atom. The van der Waals surface area contributed by atoms with Crippen molar-refractivity contribution in [3.63, 3.8) is 0 Å². The van der Waals surface area contributed by atoms with Crippen LogP contribution in [0.1, 0.15) is 44.0 Å². The maximum atomic E-state index is 6.14. The molecule has 0 atom stereocenters. The van der Waals surface area contributed by atoms with E-state index in [1.807, 2.05) is 18.2 Å². The standard InChI is InChI=1S/C19H21ClN2/c1-3-15(4-2)19-21-17-10-5-6-11-18(17)22(19)13-14-8-7-9-16(20)12-14/h5-12,15H,3-4,13H2,1-2H3. The van der Waals surface area contributed by atoms with E-state index in [0.29, 0.717) is 5.92 Å². The zero-order valence-electron chi connectivity index (χ0n) is 13.1. The fourth-order valence-corrected chi connectivity index (χ4v) is 3.26. The average molecular weight is 313 g/mol. The number of nitrogens with zero attached hydrogens (tertiary/aromatic N) is 2. The van der Waals surface area contributed by atoms with E-state index >= 15 is 0 Å². The molecule has 114 valence electrons. The van der Waals surface area contributed by atoms with E-state index in [-0.39, 0.29) is 0 Å². The lowest BCUT2D eigenvalue weighted by molar-refractivity contribution is 0.570. The molecule has 0 unspecified atom stereocenters. The largest absolute Gasteiger partial charge is 0.323 e. The van der Waals surface area contributed by atoms with Crippen LogP contribution in [0.3, 0.4) is 0 Å². The highest BCUT2D eigenvalue weighted by Gasteiger charge is 2.17. The number of rotatable bonds is 5. The topological polar surface area (TPSA) is 17.8 Å². The van der Waals surface area contributed by atoms with E-state index in [1.54, 1.807) is 0 Å². The Bertz CT molecular complexity index is 772. The Balaban J connectivity index is 2.11. The van der Waals surface area contributed by atoms with Gasteiger partial charge in [0.15, 0.2) is 0 Å². The van der Waals surface area contributed by atoms with Crippen molar-refractivity contribution in [2.75, 3.05) is 0 Å². The molecule has 0 saturated heterocycles. The SMILES string of the molecule is CCC(CC)c1nc2ccccc2n1Cc1cccc(Cl)c1. The van der Waals surface area contributed by atoms with Gasteiger partial charge in [-0.05, 0) is 42.7 Å². The van der Waals surface area contributed by atoms with Gasteiger partial charge in [0.25, 0.3) is 0 Å². The number of hydrogen-bond donors (Lipinski definition) is 0. The highest BCUT2D eigenvalue weighted by atomic mass is 35.5. The van der Waals surface area contributed by atoms with E-state index in [4.69, 9.17) is 16.6 Å². The van der Waals surface area contributed by atoms with Crippen molar-refractivity contribution in [2.24, 2.45) is 0 Å². The Morgan fingerprint density at radius 1 is 1.05 bits per heavy atom. The van der Waals surface area contributed by atoms with Gasteiger partial charge in [0, 0.05) is 17.5 Å². The van der Waals surface area contributed by atoms with Crippen molar-refractivity contribution < 1.29 is 0 Å². The van der Waals surface area contributed by atoms with Crippen LogP contribution >= 0.6 is 11.6 Å². The van der Waals surface area contributed by atoms with Crippen molar-refractivity contribution in [2.45, 2.75) is 39.2 Å². The zero-order chi connectivity index (χ0) is 15.5. The van der Waals surface area contributed by atoms with E-state index in [1.165, 1.54) is 16.9 Å². The number of benzene rings is 2. The predicted octanol–water partition coefficient (Wildman–Crippen LogP) is 5.64. The van der Waals surface area contributed by atoms with Gasteiger partial charge in [-0.25, -0.2) is 4.98 Å². The third-order valence-corrected chi connectivity index (χ3v) is 4.50. The van der Waals surface area contributed by atoms with Crippen molar-refractivity contribution in [3.8, 4) is 0 Å². The summed E-state index contributed by atoms with van der Waals surface area (Å²) in [5.41, 5.74) is 3.48. The van der Waals surface area contributed by atoms with Gasteiger partial charge >= 0.3 is 0 Å². The van der Waals surface area contributed by atoms with Crippen molar-refractivity contribution in [1.82, 2.24) is 9.55 Å². The van der Waals surface area contributed by atoms with Crippen molar-refractivity contribution >= 4 is 22.6 Å². The van der Waals surface area contributed by atoms with Gasteiger partial charge in [0.2, 0.25) is 0 Å². The number of hydrogen-bond acceptors (Lipinski definition) is 1. The molecule has 0 N–H and O–H groups in total. The molecule has 3 heteroatoms. The minimum Gasteiger partial charge on any atom is -0.323 e. The summed E-state index contributed by atoms with van der Waals surface area (Å²) in [7, 11) is 0. The monoisotopic (exact) mass is 312 g/mol. The molecule has 0 saturated carbocycles. The van der Waals surface area contributed by atoms with E-state index < -0.39 is 0 Å². The summed E-state index contributed by atoms with van der Waals surface area (Å²) in [4.78, 5) is 4.90. The molecule has 0 bridgehead atoms. The van der Waals surface area contributed by atoms with Crippen LogP contribution < -0.4 is 0 Å². The van der Waals surface area contributed by atoms with E-state index in [9.17, 15) is 0 Å². The molecule has 0 aliphatic rings. The lowest BCUT2D eigenvalue weighted by atomic mass is 10.0. The smallest absolute Gasteiger partial charge is 0.113 e. The summed E-state index contributed by atoms with van der Waals surface area (Å²) >= 11 is 6.14. The second-order valence-corrected chi connectivity index (χ2v) is 6.12. The molecule has 3 aromatic rings. The Morgan fingerprint density at radius 2 is 1.82 bits per heavy atom. The van der Waals surface area contributed by atoms with Gasteiger partial charge in [-0.1, -0.05) is 49.7 Å². The number of aromatic nitrogens is 2. The quantitative estimate of drug-likeness (QED) is 0.596. The molecule has 1 heterocycles. The number of para-hydroxylation sites is 2. The fourth-order valence-electron chi connectivity index (χ4n) is 3.04. The van der Waals surface area contributed by atoms with Crippen molar-refractivity contribution in [3.05, 3.63) is 64.9 Å². The first-order valence-electron chi connectivity index (χ1n) is 7.92. The van der Waals surface area contributed by atoms with Crippen LogP contribution in [-0.2, 0) is 6.54 Å². The first-order chi connectivity index (χ1) is 10.7. The zero-order valence-corrected chi connectivity index (χ0v) is 13.8. The average Bonchev–Trinajstić information content (AvgIpc) is 2.88. The summed E-state index contributed by atoms with van der Waals surface area (Å²) in [5.74, 6) is 1.68. The van der Waals surface area contributed by atoms with Crippen molar-refractivity contribution in [1.29, 1.82) is 0 Å². The Kier molecular flexibility index (Phi) is 4.49. The predicted molar refractivity (Wildman–Crippen MR) is 93.6 cm³/mol. The fraction of sp³-hybridized carbons (Fsp3) is 0.316. The molecular weight excluding hydrogens is 292 g/mol.